The number of fused-ring (bicyclic) bond motifs is 1. The number of nitrogens with one attached hydrogen (secondary N) is 1. The summed E-state index contributed by atoms with van der Waals surface area (Å²) >= 11 is 0. The maximum atomic E-state index is 12.7. The van der Waals surface area contributed by atoms with Gasteiger partial charge in [-0.2, -0.15) is 15.5 Å². The Morgan fingerprint density at radius 2 is 1.83 bits per heavy atom. The van der Waals surface area contributed by atoms with E-state index in [1.165, 1.54) is 0 Å². The number of rotatable bonds is 4. The lowest BCUT2D eigenvalue weighted by Crippen LogP contribution is -2.69. The monoisotopic (exact) mass is 551 g/mol. The molecule has 4 aromatic rings. The summed E-state index contributed by atoms with van der Waals surface area (Å²) in [5.41, 5.74) is 3.77. The van der Waals surface area contributed by atoms with E-state index in [2.05, 4.69) is 26.5 Å². The van der Waals surface area contributed by atoms with Crippen molar-refractivity contribution < 1.29 is 9.53 Å². The zero-order valence-corrected chi connectivity index (χ0v) is 23.7. The minimum Gasteiger partial charge on any atom is -0.444 e. The van der Waals surface area contributed by atoms with Gasteiger partial charge >= 0.3 is 6.09 Å². The second-order valence-electron chi connectivity index (χ2n) is 12.8. The fraction of sp³-hybridized carbons (Fsp3) is 0.467. The van der Waals surface area contributed by atoms with Gasteiger partial charge in [-0.1, -0.05) is 0 Å². The number of carbonyl (C=O) groups excluding carboxylic acids is 1. The van der Waals surface area contributed by atoms with Gasteiger partial charge in [0.15, 0.2) is 0 Å². The maximum absolute atomic E-state index is 12.7. The number of nitrogens with zero attached hydrogens (tertiary/aromatic N) is 8. The molecule has 6 heterocycles. The highest BCUT2D eigenvalue weighted by atomic mass is 16.6. The third-order valence-corrected chi connectivity index (χ3v) is 8.65. The Kier molecular flexibility index (Phi) is 5.61. The third-order valence-electron chi connectivity index (χ3n) is 8.65. The molecular weight excluding hydrogens is 518 g/mol. The standard InChI is InChI=1S/C30H33N9O2/c1-29(2,3)41-28(40)36-30-8-18-5-22(9-30)39(23(6-18)10-30)26-15-32-25(14-33-26)24-7-19(21-13-34-37(4)16-21)17-38-27(24)20(11-31)12-35-38/h7,12-18,22-23H,5-6,8-10H2,1-4H3,(H,36,40). The van der Waals surface area contributed by atoms with Crippen molar-refractivity contribution in [2.75, 3.05) is 4.90 Å². The van der Waals surface area contributed by atoms with Crippen molar-refractivity contribution in [1.82, 2.24) is 34.7 Å². The first-order valence-electron chi connectivity index (χ1n) is 14.1. The summed E-state index contributed by atoms with van der Waals surface area (Å²) in [6.07, 6.45) is 15.5. The van der Waals surface area contributed by atoms with Gasteiger partial charge in [0.05, 0.1) is 41.6 Å². The largest absolute Gasteiger partial charge is 0.444 e. The van der Waals surface area contributed by atoms with Gasteiger partial charge in [-0.15, -0.1) is 0 Å². The normalized spacial score (nSPS) is 25.0. The number of alkyl carbamates (subject to hydrolysis) is 1. The summed E-state index contributed by atoms with van der Waals surface area (Å²) in [7, 11) is 1.88. The highest BCUT2D eigenvalue weighted by Crippen LogP contribution is 2.52. The van der Waals surface area contributed by atoms with E-state index in [-0.39, 0.29) is 23.7 Å². The Morgan fingerprint density at radius 1 is 1.05 bits per heavy atom. The lowest BCUT2D eigenvalue weighted by Gasteiger charge is -2.61. The number of hydrogen-bond acceptors (Lipinski definition) is 8. The number of amides is 1. The third kappa shape index (κ3) is 4.47. The second kappa shape index (κ2) is 9.03. The number of piperidine rings is 2. The fourth-order valence-corrected chi connectivity index (χ4v) is 7.39. The van der Waals surface area contributed by atoms with Gasteiger partial charge < -0.3 is 15.0 Å². The molecule has 2 atom stereocenters. The molecular formula is C30H33N9O2. The number of nitriles is 1. The smallest absolute Gasteiger partial charge is 0.408 e. The topological polar surface area (TPSA) is 126 Å². The molecule has 210 valence electrons. The van der Waals surface area contributed by atoms with E-state index in [1.807, 2.05) is 52.5 Å². The predicted molar refractivity (Wildman–Crippen MR) is 152 cm³/mol. The summed E-state index contributed by atoms with van der Waals surface area (Å²) in [5, 5.41) is 21.7. The highest BCUT2D eigenvalue weighted by molar-refractivity contribution is 5.86. The van der Waals surface area contributed by atoms with Gasteiger partial charge in [-0.25, -0.2) is 14.3 Å². The summed E-state index contributed by atoms with van der Waals surface area (Å²) < 4.78 is 9.09. The van der Waals surface area contributed by atoms with Crippen molar-refractivity contribution in [2.45, 2.75) is 76.1 Å². The molecule has 0 spiro atoms. The maximum Gasteiger partial charge on any atom is 0.408 e. The first-order chi connectivity index (χ1) is 19.6. The van der Waals surface area contributed by atoms with Crippen LogP contribution in [0.15, 0.2) is 43.2 Å². The minimum absolute atomic E-state index is 0.225. The lowest BCUT2D eigenvalue weighted by molar-refractivity contribution is 0.0124. The van der Waals surface area contributed by atoms with Crippen molar-refractivity contribution in [3.8, 4) is 28.5 Å². The minimum atomic E-state index is -0.524. The summed E-state index contributed by atoms with van der Waals surface area (Å²) in [6, 6.07) is 4.86. The average Bonchev–Trinajstić information content (AvgIpc) is 3.52. The molecule has 2 saturated heterocycles. The van der Waals surface area contributed by atoms with Gasteiger partial charge in [0.25, 0.3) is 0 Å². The van der Waals surface area contributed by atoms with Crippen LogP contribution in [0.1, 0.15) is 58.4 Å². The molecule has 2 aliphatic heterocycles. The Bertz CT molecular complexity index is 1680. The number of carbonyl (C=O) groups is 1. The Balaban J connectivity index is 1.18. The van der Waals surface area contributed by atoms with Crippen LogP contribution in [0.3, 0.4) is 0 Å². The molecule has 2 aliphatic carbocycles. The number of pyridine rings is 1. The number of aromatic nitrogens is 6. The first-order valence-corrected chi connectivity index (χ1v) is 14.1. The van der Waals surface area contributed by atoms with Crippen molar-refractivity contribution in [3.05, 3.63) is 48.8 Å². The van der Waals surface area contributed by atoms with Gasteiger partial charge in [0, 0.05) is 53.8 Å². The van der Waals surface area contributed by atoms with Gasteiger partial charge in [-0.05, 0) is 64.9 Å². The van der Waals surface area contributed by atoms with Crippen LogP contribution in [-0.4, -0.2) is 58.7 Å². The van der Waals surface area contributed by atoms with E-state index in [4.69, 9.17) is 14.7 Å². The fourth-order valence-electron chi connectivity index (χ4n) is 7.39. The van der Waals surface area contributed by atoms with Crippen LogP contribution in [0.25, 0.3) is 27.9 Å². The highest BCUT2D eigenvalue weighted by Gasteiger charge is 2.55. The predicted octanol–water partition coefficient (Wildman–Crippen LogP) is 4.48. The van der Waals surface area contributed by atoms with Crippen molar-refractivity contribution >= 4 is 17.4 Å². The zero-order chi connectivity index (χ0) is 28.5. The Morgan fingerprint density at radius 3 is 2.46 bits per heavy atom. The van der Waals surface area contributed by atoms with Crippen molar-refractivity contribution in [1.29, 1.82) is 5.26 Å². The Labute approximate surface area is 238 Å². The molecule has 0 radical (unpaired) electrons. The molecule has 1 amide bonds. The van der Waals surface area contributed by atoms with E-state index in [9.17, 15) is 10.1 Å². The molecule has 4 fully saturated rings. The molecule has 4 aliphatic rings. The Hall–Kier alpha value is -4.46. The molecule has 11 nitrogen and oxygen atoms in total. The van der Waals surface area contributed by atoms with Crippen LogP contribution in [0.5, 0.6) is 0 Å². The molecule has 4 aromatic heterocycles. The van der Waals surface area contributed by atoms with Crippen molar-refractivity contribution in [2.24, 2.45) is 13.0 Å². The molecule has 0 aromatic carbocycles. The van der Waals surface area contributed by atoms with Crippen LogP contribution >= 0.6 is 0 Å². The first kappa shape index (κ1) is 25.5. The molecule has 4 bridgehead atoms. The van der Waals surface area contributed by atoms with E-state index in [0.717, 1.165) is 54.6 Å². The number of ether oxygens (including phenoxy) is 1. The quantitative estimate of drug-likeness (QED) is 0.394. The summed E-state index contributed by atoms with van der Waals surface area (Å²) in [5.74, 6) is 1.43. The second-order valence-corrected chi connectivity index (χ2v) is 12.8. The molecule has 41 heavy (non-hydrogen) atoms. The summed E-state index contributed by atoms with van der Waals surface area (Å²) in [6.45, 7) is 5.68. The van der Waals surface area contributed by atoms with Gasteiger partial charge in [0.1, 0.15) is 17.5 Å². The van der Waals surface area contributed by atoms with Crippen LogP contribution in [-0.2, 0) is 11.8 Å². The summed E-state index contributed by atoms with van der Waals surface area (Å²) in [4.78, 5) is 24.9. The van der Waals surface area contributed by atoms with Crippen LogP contribution in [0, 0.1) is 17.2 Å². The van der Waals surface area contributed by atoms with E-state index >= 15 is 0 Å². The molecule has 8 rings (SSSR count). The molecule has 2 unspecified atom stereocenters. The molecule has 11 heteroatoms. The number of hydrogen-bond donors (Lipinski definition) is 1. The zero-order valence-electron chi connectivity index (χ0n) is 23.7. The van der Waals surface area contributed by atoms with E-state index in [1.54, 1.807) is 27.8 Å². The van der Waals surface area contributed by atoms with Gasteiger partial charge in [-0.3, -0.25) is 9.67 Å². The van der Waals surface area contributed by atoms with E-state index in [0.29, 0.717) is 22.7 Å². The SMILES string of the molecule is Cn1cc(-c2cc(-c3cnc(N4C5CC6CC4CC(NC(=O)OC(C)(C)C)(C6)C5)cn3)c3c(C#N)cnn3c2)cn1. The number of anilines is 1. The van der Waals surface area contributed by atoms with Crippen LogP contribution in [0.2, 0.25) is 0 Å². The van der Waals surface area contributed by atoms with Crippen LogP contribution in [0.4, 0.5) is 10.6 Å². The van der Waals surface area contributed by atoms with E-state index < -0.39 is 5.60 Å². The lowest BCUT2D eigenvalue weighted by atomic mass is 9.59. The van der Waals surface area contributed by atoms with Gasteiger partial charge in [0.2, 0.25) is 0 Å². The number of aryl methyl sites for hydroxylation is 1. The van der Waals surface area contributed by atoms with Crippen LogP contribution < -0.4 is 10.2 Å². The average molecular weight is 552 g/mol. The van der Waals surface area contributed by atoms with Crippen molar-refractivity contribution in [3.63, 3.8) is 0 Å². The molecule has 2 saturated carbocycles. The molecule has 1 N–H and O–H groups in total.